The Morgan fingerprint density at radius 2 is 1.57 bits per heavy atom. The van der Waals surface area contributed by atoms with Crippen molar-refractivity contribution < 1.29 is 9.72 Å². The highest BCUT2D eigenvalue weighted by molar-refractivity contribution is 9.10. The van der Waals surface area contributed by atoms with Crippen molar-refractivity contribution in [3.8, 4) is 0 Å². The van der Waals surface area contributed by atoms with Crippen molar-refractivity contribution >= 4 is 21.7 Å². The summed E-state index contributed by atoms with van der Waals surface area (Å²) in [5.41, 5.74) is 5.03. The zero-order valence-corrected chi connectivity index (χ0v) is 15.9. The SMILES string of the molecule is Cc1c(C)c(C)c(C(=O)C2(Br)CCCCC2)c(C[N+](=O)[O-])c1C. The first-order valence-corrected chi connectivity index (χ1v) is 8.93. The van der Waals surface area contributed by atoms with Gasteiger partial charge in [0.2, 0.25) is 6.54 Å². The van der Waals surface area contributed by atoms with E-state index in [1.807, 2.05) is 27.7 Å². The number of hydrogen-bond donors (Lipinski definition) is 0. The lowest BCUT2D eigenvalue weighted by molar-refractivity contribution is -0.496. The lowest BCUT2D eigenvalue weighted by Gasteiger charge is -2.32. The first-order valence-electron chi connectivity index (χ1n) is 8.14. The maximum absolute atomic E-state index is 13.3. The van der Waals surface area contributed by atoms with Crippen LogP contribution < -0.4 is 0 Å². The average molecular weight is 382 g/mol. The fraction of sp³-hybridized carbons (Fsp3) is 0.611. The molecule has 23 heavy (non-hydrogen) atoms. The van der Waals surface area contributed by atoms with E-state index in [-0.39, 0.29) is 17.3 Å². The van der Waals surface area contributed by atoms with Gasteiger partial charge in [-0.15, -0.1) is 0 Å². The molecule has 126 valence electrons. The Kier molecular flexibility index (Phi) is 5.29. The van der Waals surface area contributed by atoms with Gasteiger partial charge in [-0.05, 0) is 62.8 Å². The quantitative estimate of drug-likeness (QED) is 0.319. The van der Waals surface area contributed by atoms with Crippen LogP contribution in [0.1, 0.15) is 70.3 Å². The zero-order chi connectivity index (χ0) is 17.4. The Balaban J connectivity index is 2.64. The molecule has 0 amide bonds. The first kappa shape index (κ1) is 18.1. The highest BCUT2D eigenvalue weighted by Crippen LogP contribution is 2.41. The third kappa shape index (κ3) is 3.35. The van der Waals surface area contributed by atoms with Crippen molar-refractivity contribution in [2.24, 2.45) is 0 Å². The molecule has 0 aliphatic heterocycles. The van der Waals surface area contributed by atoms with Crippen LogP contribution in [0.5, 0.6) is 0 Å². The number of alkyl halides is 1. The van der Waals surface area contributed by atoms with Crippen LogP contribution in [0.4, 0.5) is 0 Å². The predicted molar refractivity (Wildman–Crippen MR) is 95.2 cm³/mol. The van der Waals surface area contributed by atoms with Gasteiger partial charge in [-0.25, -0.2) is 0 Å². The summed E-state index contributed by atoms with van der Waals surface area (Å²) in [4.78, 5) is 24.1. The molecule has 1 aliphatic rings. The molecule has 0 bridgehead atoms. The average Bonchev–Trinajstić information content (AvgIpc) is 2.50. The van der Waals surface area contributed by atoms with Gasteiger partial charge < -0.3 is 0 Å². The van der Waals surface area contributed by atoms with E-state index in [0.717, 1.165) is 54.4 Å². The van der Waals surface area contributed by atoms with E-state index < -0.39 is 4.32 Å². The van der Waals surface area contributed by atoms with Crippen LogP contribution in [0.15, 0.2) is 0 Å². The number of halogens is 1. The Bertz CT molecular complexity index is 661. The minimum absolute atomic E-state index is 0.0257. The number of nitro groups is 1. The van der Waals surface area contributed by atoms with Gasteiger partial charge in [-0.1, -0.05) is 35.2 Å². The molecule has 1 fully saturated rings. The van der Waals surface area contributed by atoms with Crippen molar-refractivity contribution in [1.82, 2.24) is 0 Å². The van der Waals surface area contributed by atoms with Gasteiger partial charge in [0, 0.05) is 16.1 Å². The van der Waals surface area contributed by atoms with Crippen LogP contribution in [0.3, 0.4) is 0 Å². The van der Waals surface area contributed by atoms with E-state index in [1.54, 1.807) is 0 Å². The largest absolute Gasteiger partial charge is 0.293 e. The molecule has 4 nitrogen and oxygen atoms in total. The Morgan fingerprint density at radius 3 is 2.09 bits per heavy atom. The Morgan fingerprint density at radius 1 is 1.04 bits per heavy atom. The standard InChI is InChI=1S/C18H24BrNO3/c1-11-12(2)14(4)16(15(13(11)3)10-20(22)23)17(21)18(19)8-6-5-7-9-18/h5-10H2,1-4H3. The number of ketones is 1. The van der Waals surface area contributed by atoms with Gasteiger partial charge in [0.1, 0.15) is 0 Å². The fourth-order valence-corrected chi connectivity index (χ4v) is 4.35. The smallest absolute Gasteiger partial charge is 0.229 e. The van der Waals surface area contributed by atoms with Crippen LogP contribution >= 0.6 is 15.9 Å². The van der Waals surface area contributed by atoms with Crippen molar-refractivity contribution in [2.45, 2.75) is 70.7 Å². The molecular formula is C18H24BrNO3. The summed E-state index contributed by atoms with van der Waals surface area (Å²) in [6.45, 7) is 7.47. The number of rotatable bonds is 4. The summed E-state index contributed by atoms with van der Waals surface area (Å²) in [6.07, 6.45) is 4.78. The van der Waals surface area contributed by atoms with E-state index in [1.165, 1.54) is 0 Å². The molecule has 2 rings (SSSR count). The molecule has 1 aliphatic carbocycles. The number of hydrogen-bond acceptors (Lipinski definition) is 3. The number of carbonyl (C=O) groups excluding carboxylic acids is 1. The summed E-state index contributed by atoms with van der Waals surface area (Å²) < 4.78 is -0.560. The fourth-order valence-electron chi connectivity index (χ4n) is 3.59. The lowest BCUT2D eigenvalue weighted by Crippen LogP contribution is -2.36. The number of carbonyl (C=O) groups is 1. The van der Waals surface area contributed by atoms with Crippen LogP contribution in [-0.4, -0.2) is 15.0 Å². The second-order valence-electron chi connectivity index (χ2n) is 6.70. The van der Waals surface area contributed by atoms with E-state index >= 15 is 0 Å². The zero-order valence-electron chi connectivity index (χ0n) is 14.3. The van der Waals surface area contributed by atoms with Gasteiger partial charge >= 0.3 is 0 Å². The molecule has 0 aromatic heterocycles. The van der Waals surface area contributed by atoms with Crippen LogP contribution in [0, 0.1) is 37.8 Å². The normalized spacial score (nSPS) is 17.1. The molecule has 1 saturated carbocycles. The molecule has 0 heterocycles. The maximum atomic E-state index is 13.3. The monoisotopic (exact) mass is 381 g/mol. The Hall–Kier alpha value is -1.23. The highest BCUT2D eigenvalue weighted by Gasteiger charge is 2.40. The highest BCUT2D eigenvalue weighted by atomic mass is 79.9. The molecule has 1 aromatic rings. The molecular weight excluding hydrogens is 358 g/mol. The summed E-state index contributed by atoms with van der Waals surface area (Å²) in [5.74, 6) is 0.0257. The molecule has 0 radical (unpaired) electrons. The van der Waals surface area contributed by atoms with E-state index in [0.29, 0.717) is 11.1 Å². The second-order valence-corrected chi connectivity index (χ2v) is 8.22. The topological polar surface area (TPSA) is 60.2 Å². The van der Waals surface area contributed by atoms with E-state index in [2.05, 4.69) is 15.9 Å². The van der Waals surface area contributed by atoms with Crippen LogP contribution in [0.25, 0.3) is 0 Å². The molecule has 0 saturated heterocycles. The third-order valence-electron chi connectivity index (χ3n) is 5.38. The molecule has 5 heteroatoms. The van der Waals surface area contributed by atoms with Gasteiger partial charge in [0.15, 0.2) is 5.78 Å². The molecule has 0 atom stereocenters. The molecule has 0 spiro atoms. The van der Waals surface area contributed by atoms with Gasteiger partial charge in [-0.3, -0.25) is 14.9 Å². The van der Waals surface area contributed by atoms with Crippen molar-refractivity contribution in [3.05, 3.63) is 43.5 Å². The minimum atomic E-state index is -0.560. The molecule has 1 aromatic carbocycles. The minimum Gasteiger partial charge on any atom is -0.293 e. The summed E-state index contributed by atoms with van der Waals surface area (Å²) >= 11 is 3.68. The third-order valence-corrected chi connectivity index (χ3v) is 6.54. The van der Waals surface area contributed by atoms with Crippen molar-refractivity contribution in [1.29, 1.82) is 0 Å². The summed E-state index contributed by atoms with van der Waals surface area (Å²) in [7, 11) is 0. The Labute approximate surface area is 145 Å². The summed E-state index contributed by atoms with van der Waals surface area (Å²) in [6, 6.07) is 0. The summed E-state index contributed by atoms with van der Waals surface area (Å²) in [5, 5.41) is 11.1. The number of nitrogens with zero attached hydrogens (tertiary/aromatic N) is 1. The number of Topliss-reactive ketones (excluding diaryl/α,β-unsaturated/α-hetero) is 1. The maximum Gasteiger partial charge on any atom is 0.229 e. The van der Waals surface area contributed by atoms with Gasteiger partial charge in [0.05, 0.1) is 4.32 Å². The van der Waals surface area contributed by atoms with Gasteiger partial charge in [-0.2, -0.15) is 0 Å². The van der Waals surface area contributed by atoms with Crippen molar-refractivity contribution in [2.75, 3.05) is 0 Å². The lowest BCUT2D eigenvalue weighted by atomic mass is 9.78. The first-order chi connectivity index (χ1) is 10.7. The molecule has 0 unspecified atom stereocenters. The van der Waals surface area contributed by atoms with Crippen LogP contribution in [-0.2, 0) is 6.54 Å². The predicted octanol–water partition coefficient (Wildman–Crippen LogP) is 4.98. The molecule has 0 N–H and O–H groups in total. The second kappa shape index (κ2) is 6.71. The van der Waals surface area contributed by atoms with Crippen molar-refractivity contribution in [3.63, 3.8) is 0 Å². The van der Waals surface area contributed by atoms with Crippen LogP contribution in [0.2, 0.25) is 0 Å². The van der Waals surface area contributed by atoms with E-state index in [9.17, 15) is 14.9 Å². The van der Waals surface area contributed by atoms with Gasteiger partial charge in [0.25, 0.3) is 0 Å². The number of benzene rings is 1. The van der Waals surface area contributed by atoms with E-state index in [4.69, 9.17) is 0 Å².